The van der Waals surface area contributed by atoms with Crippen molar-refractivity contribution in [3.63, 3.8) is 0 Å². The van der Waals surface area contributed by atoms with Crippen LogP contribution in [0.15, 0.2) is 59.1 Å². The predicted octanol–water partition coefficient (Wildman–Crippen LogP) is 3.32. The van der Waals surface area contributed by atoms with Gasteiger partial charge in [-0.2, -0.15) is 0 Å². The van der Waals surface area contributed by atoms with Gasteiger partial charge in [-0.05, 0) is 36.4 Å². The van der Waals surface area contributed by atoms with E-state index >= 15 is 0 Å². The van der Waals surface area contributed by atoms with Gasteiger partial charge in [-0.3, -0.25) is 4.79 Å². The Morgan fingerprint density at radius 2 is 1.88 bits per heavy atom. The van der Waals surface area contributed by atoms with Gasteiger partial charge in [0.2, 0.25) is 0 Å². The zero-order chi connectivity index (χ0) is 17.6. The second-order valence-corrected chi connectivity index (χ2v) is 5.18. The minimum absolute atomic E-state index is 0.115. The van der Waals surface area contributed by atoms with Crippen LogP contribution in [-0.4, -0.2) is 17.7 Å². The lowest BCUT2D eigenvalue weighted by Gasteiger charge is -2.06. The highest BCUT2D eigenvalue weighted by atomic mass is 19.1. The number of halogens is 2. The summed E-state index contributed by atoms with van der Waals surface area (Å²) in [7, 11) is 0. The molecule has 0 fully saturated rings. The van der Waals surface area contributed by atoms with Crippen LogP contribution < -0.4 is 10.1 Å². The summed E-state index contributed by atoms with van der Waals surface area (Å²) in [5.41, 5.74) is 0.751. The predicted molar refractivity (Wildman–Crippen MR) is 85.6 cm³/mol. The number of carbonyl (C=O) groups is 1. The van der Waals surface area contributed by atoms with Crippen molar-refractivity contribution >= 4 is 5.91 Å². The minimum atomic E-state index is -0.415. The Labute approximate surface area is 142 Å². The molecule has 25 heavy (non-hydrogen) atoms. The number of ether oxygens (including phenoxy) is 1. The van der Waals surface area contributed by atoms with Crippen molar-refractivity contribution < 1.29 is 22.8 Å². The summed E-state index contributed by atoms with van der Waals surface area (Å²) in [6.45, 7) is -0.104. The fourth-order valence-corrected chi connectivity index (χ4v) is 2.10. The van der Waals surface area contributed by atoms with Crippen LogP contribution in [0.3, 0.4) is 0 Å². The Bertz CT molecular complexity index is 863. The number of hydrogen-bond acceptors (Lipinski definition) is 4. The number of rotatable bonds is 6. The molecule has 0 aliphatic carbocycles. The lowest BCUT2D eigenvalue weighted by molar-refractivity contribution is -0.123. The molecule has 3 rings (SSSR count). The standard InChI is InChI=1S/C18H14F2N2O3/c19-12-5-7-14(8-6-12)24-11-18(23)21-10-13-9-17(25-22-13)15-3-1-2-4-16(15)20/h1-9H,10-11H2,(H,21,23). The van der Waals surface area contributed by atoms with Gasteiger partial charge in [0.15, 0.2) is 12.4 Å². The van der Waals surface area contributed by atoms with Crippen LogP contribution in [0.25, 0.3) is 11.3 Å². The summed E-state index contributed by atoms with van der Waals surface area (Å²) in [6, 6.07) is 13.1. The molecule has 128 valence electrons. The molecule has 3 aromatic rings. The van der Waals surface area contributed by atoms with E-state index in [0.717, 1.165) is 0 Å². The molecule has 1 N–H and O–H groups in total. The van der Waals surface area contributed by atoms with Crippen LogP contribution in [-0.2, 0) is 11.3 Å². The minimum Gasteiger partial charge on any atom is -0.484 e. The average molecular weight is 344 g/mol. The fourth-order valence-electron chi connectivity index (χ4n) is 2.10. The molecule has 0 unspecified atom stereocenters. The fraction of sp³-hybridized carbons (Fsp3) is 0.111. The maximum atomic E-state index is 13.7. The third-order valence-corrected chi connectivity index (χ3v) is 3.35. The first-order valence-corrected chi connectivity index (χ1v) is 7.47. The van der Waals surface area contributed by atoms with E-state index in [0.29, 0.717) is 17.0 Å². The summed E-state index contributed by atoms with van der Waals surface area (Å²) in [6.07, 6.45) is 0. The Morgan fingerprint density at radius 1 is 1.12 bits per heavy atom. The molecule has 0 aliphatic heterocycles. The topological polar surface area (TPSA) is 64.4 Å². The maximum Gasteiger partial charge on any atom is 0.258 e. The number of carbonyl (C=O) groups excluding carboxylic acids is 1. The Hall–Kier alpha value is -3.22. The smallest absolute Gasteiger partial charge is 0.258 e. The van der Waals surface area contributed by atoms with E-state index in [2.05, 4.69) is 10.5 Å². The summed E-state index contributed by atoms with van der Waals surface area (Å²) < 4.78 is 36.8. The zero-order valence-electron chi connectivity index (χ0n) is 13.0. The first-order chi connectivity index (χ1) is 12.1. The van der Waals surface area contributed by atoms with Crippen molar-refractivity contribution in [3.05, 3.63) is 71.9 Å². The highest BCUT2D eigenvalue weighted by Gasteiger charge is 2.11. The lowest BCUT2D eigenvalue weighted by atomic mass is 10.1. The molecule has 2 aromatic carbocycles. The number of amides is 1. The van der Waals surface area contributed by atoms with Crippen LogP contribution >= 0.6 is 0 Å². The molecule has 0 bridgehead atoms. The van der Waals surface area contributed by atoms with Gasteiger partial charge in [0, 0.05) is 6.07 Å². The van der Waals surface area contributed by atoms with E-state index in [1.165, 1.54) is 30.3 Å². The maximum absolute atomic E-state index is 13.7. The number of nitrogens with zero attached hydrogens (tertiary/aromatic N) is 1. The number of nitrogens with one attached hydrogen (secondary N) is 1. The molecule has 0 aliphatic rings. The van der Waals surface area contributed by atoms with Crippen LogP contribution in [0, 0.1) is 11.6 Å². The number of hydrogen-bond donors (Lipinski definition) is 1. The van der Waals surface area contributed by atoms with Crippen molar-refractivity contribution in [2.45, 2.75) is 6.54 Å². The van der Waals surface area contributed by atoms with Crippen LogP contribution in [0.4, 0.5) is 8.78 Å². The third-order valence-electron chi connectivity index (χ3n) is 3.35. The van der Waals surface area contributed by atoms with E-state index in [9.17, 15) is 13.6 Å². The quantitative estimate of drug-likeness (QED) is 0.745. The van der Waals surface area contributed by atoms with Crippen molar-refractivity contribution in [2.24, 2.45) is 0 Å². The van der Waals surface area contributed by atoms with Gasteiger partial charge in [0.05, 0.1) is 12.1 Å². The summed E-state index contributed by atoms with van der Waals surface area (Å²) >= 11 is 0. The van der Waals surface area contributed by atoms with Gasteiger partial charge < -0.3 is 14.6 Å². The van der Waals surface area contributed by atoms with Gasteiger partial charge in [0.25, 0.3) is 5.91 Å². The zero-order valence-corrected chi connectivity index (χ0v) is 13.0. The average Bonchev–Trinajstić information content (AvgIpc) is 3.08. The monoisotopic (exact) mass is 344 g/mol. The first kappa shape index (κ1) is 16.6. The highest BCUT2D eigenvalue weighted by Crippen LogP contribution is 2.23. The van der Waals surface area contributed by atoms with Crippen molar-refractivity contribution in [3.8, 4) is 17.1 Å². The molecule has 0 radical (unpaired) electrons. The van der Waals surface area contributed by atoms with Crippen LogP contribution in [0.2, 0.25) is 0 Å². The van der Waals surface area contributed by atoms with E-state index in [-0.39, 0.29) is 30.6 Å². The van der Waals surface area contributed by atoms with Gasteiger partial charge >= 0.3 is 0 Å². The second-order valence-electron chi connectivity index (χ2n) is 5.18. The summed E-state index contributed by atoms with van der Waals surface area (Å²) in [5, 5.41) is 6.40. The Balaban J connectivity index is 1.51. The molecule has 0 saturated carbocycles. The summed E-state index contributed by atoms with van der Waals surface area (Å²) in [5.74, 6) is -0.500. The van der Waals surface area contributed by atoms with Crippen molar-refractivity contribution in [2.75, 3.05) is 6.61 Å². The molecule has 7 heteroatoms. The third kappa shape index (κ3) is 4.41. The molecule has 0 spiro atoms. The molecule has 1 amide bonds. The molecule has 0 saturated heterocycles. The van der Waals surface area contributed by atoms with Gasteiger partial charge in [0.1, 0.15) is 23.1 Å². The molecule has 1 aromatic heterocycles. The number of benzene rings is 2. The van der Waals surface area contributed by atoms with Crippen LogP contribution in [0.1, 0.15) is 5.69 Å². The van der Waals surface area contributed by atoms with Gasteiger partial charge in [-0.1, -0.05) is 17.3 Å². The first-order valence-electron chi connectivity index (χ1n) is 7.47. The van der Waals surface area contributed by atoms with Gasteiger partial charge in [-0.15, -0.1) is 0 Å². The Morgan fingerprint density at radius 3 is 2.64 bits per heavy atom. The summed E-state index contributed by atoms with van der Waals surface area (Å²) in [4.78, 5) is 11.8. The van der Waals surface area contributed by atoms with E-state index in [4.69, 9.17) is 9.26 Å². The van der Waals surface area contributed by atoms with Crippen LogP contribution in [0.5, 0.6) is 5.75 Å². The Kier molecular flexibility index (Phi) is 5.03. The van der Waals surface area contributed by atoms with Crippen molar-refractivity contribution in [1.29, 1.82) is 0 Å². The molecular weight excluding hydrogens is 330 g/mol. The SMILES string of the molecule is O=C(COc1ccc(F)cc1)NCc1cc(-c2ccccc2F)on1. The molecular formula is C18H14F2N2O3. The molecule has 0 atom stereocenters. The normalized spacial score (nSPS) is 10.5. The largest absolute Gasteiger partial charge is 0.484 e. The van der Waals surface area contributed by atoms with E-state index < -0.39 is 5.82 Å². The van der Waals surface area contributed by atoms with E-state index in [1.54, 1.807) is 24.3 Å². The lowest BCUT2D eigenvalue weighted by Crippen LogP contribution is -2.28. The highest BCUT2D eigenvalue weighted by molar-refractivity contribution is 5.77. The van der Waals surface area contributed by atoms with Crippen molar-refractivity contribution in [1.82, 2.24) is 10.5 Å². The second kappa shape index (κ2) is 7.57. The van der Waals surface area contributed by atoms with E-state index in [1.807, 2.05) is 0 Å². The molecule has 1 heterocycles. The number of aromatic nitrogens is 1. The molecule has 5 nitrogen and oxygen atoms in total. The van der Waals surface area contributed by atoms with Gasteiger partial charge in [-0.25, -0.2) is 8.78 Å².